The van der Waals surface area contributed by atoms with Gasteiger partial charge in [-0.1, -0.05) is 0 Å². The molecule has 4 N–H and O–H groups in total. The zero-order chi connectivity index (χ0) is 9.84. The van der Waals surface area contributed by atoms with Crippen molar-refractivity contribution in [3.8, 4) is 0 Å². The van der Waals surface area contributed by atoms with Crippen LogP contribution in [0.15, 0.2) is 11.1 Å². The molecule has 0 aliphatic heterocycles. The third-order valence-corrected chi connectivity index (χ3v) is 1.66. The molecule has 13 heavy (non-hydrogen) atoms. The van der Waals surface area contributed by atoms with Gasteiger partial charge < -0.3 is 20.7 Å². The second-order valence-corrected chi connectivity index (χ2v) is 2.61. The van der Waals surface area contributed by atoms with E-state index in [1.165, 1.54) is 6.33 Å². The number of H-pyrrole nitrogens is 1. The molecule has 0 radical (unpaired) electrons. The zero-order valence-corrected chi connectivity index (χ0v) is 7.32. The smallest absolute Gasteiger partial charge is 0.276 e. The number of nitrogen functional groups attached to an aromatic ring is 1. The molecule has 0 amide bonds. The van der Waals surface area contributed by atoms with Gasteiger partial charge in [0.25, 0.3) is 5.56 Å². The van der Waals surface area contributed by atoms with Crippen molar-refractivity contribution in [2.24, 2.45) is 0 Å². The summed E-state index contributed by atoms with van der Waals surface area (Å²) in [6, 6.07) is 0. The minimum atomic E-state index is -0.366. The van der Waals surface area contributed by atoms with E-state index in [1.54, 1.807) is 11.9 Å². The van der Waals surface area contributed by atoms with Gasteiger partial charge in [-0.3, -0.25) is 4.79 Å². The molecule has 1 rings (SSSR count). The van der Waals surface area contributed by atoms with E-state index >= 15 is 0 Å². The van der Waals surface area contributed by atoms with E-state index in [2.05, 4.69) is 9.97 Å². The van der Waals surface area contributed by atoms with Gasteiger partial charge in [0, 0.05) is 13.6 Å². The van der Waals surface area contributed by atoms with Crippen molar-refractivity contribution in [2.75, 3.05) is 30.8 Å². The molecule has 0 spiro atoms. The molecular weight excluding hydrogens is 172 g/mol. The van der Waals surface area contributed by atoms with Crippen LogP contribution in [0.25, 0.3) is 0 Å². The highest BCUT2D eigenvalue weighted by Gasteiger charge is 2.08. The quantitative estimate of drug-likeness (QED) is 0.547. The first-order valence-electron chi connectivity index (χ1n) is 3.82. The summed E-state index contributed by atoms with van der Waals surface area (Å²) in [5.74, 6) is 0.387. The molecule has 0 bridgehead atoms. The van der Waals surface area contributed by atoms with Crippen molar-refractivity contribution < 1.29 is 5.11 Å². The summed E-state index contributed by atoms with van der Waals surface area (Å²) in [5.41, 5.74) is 5.19. The summed E-state index contributed by atoms with van der Waals surface area (Å²) in [5, 5.41) is 8.66. The normalized spacial score (nSPS) is 10.0. The Labute approximate surface area is 75.0 Å². The van der Waals surface area contributed by atoms with E-state index in [9.17, 15) is 4.79 Å². The molecule has 0 aromatic carbocycles. The molecule has 0 unspecified atom stereocenters. The Morgan fingerprint density at radius 3 is 3.08 bits per heavy atom. The first kappa shape index (κ1) is 9.53. The van der Waals surface area contributed by atoms with Gasteiger partial charge in [-0.2, -0.15) is 0 Å². The number of likely N-dealkylation sites (N-methyl/N-ethyl adjacent to an activating group) is 1. The van der Waals surface area contributed by atoms with Crippen LogP contribution < -0.4 is 16.2 Å². The number of rotatable bonds is 3. The summed E-state index contributed by atoms with van der Waals surface area (Å²) in [6.45, 7) is 0.380. The van der Waals surface area contributed by atoms with Gasteiger partial charge >= 0.3 is 0 Å². The number of aliphatic hydroxyl groups excluding tert-OH is 1. The van der Waals surface area contributed by atoms with Gasteiger partial charge in [0.15, 0.2) is 5.82 Å². The number of nitrogens with two attached hydrogens (primary N) is 1. The van der Waals surface area contributed by atoms with Crippen LogP contribution in [0, 0.1) is 0 Å². The van der Waals surface area contributed by atoms with Crippen LogP contribution >= 0.6 is 0 Å². The summed E-state index contributed by atoms with van der Waals surface area (Å²) in [4.78, 5) is 18.9. The van der Waals surface area contributed by atoms with Gasteiger partial charge in [-0.05, 0) is 0 Å². The number of aromatic nitrogens is 2. The van der Waals surface area contributed by atoms with E-state index in [4.69, 9.17) is 10.8 Å². The highest BCUT2D eigenvalue weighted by atomic mass is 16.3. The Morgan fingerprint density at radius 1 is 1.77 bits per heavy atom. The van der Waals surface area contributed by atoms with Gasteiger partial charge in [-0.25, -0.2) is 4.98 Å². The SMILES string of the molecule is CN(CCO)c1nc[nH]c(=O)c1N. The van der Waals surface area contributed by atoms with Crippen molar-refractivity contribution >= 4 is 11.5 Å². The lowest BCUT2D eigenvalue weighted by Crippen LogP contribution is -2.26. The summed E-state index contributed by atoms with van der Waals surface area (Å²) in [7, 11) is 1.70. The molecule has 0 aliphatic carbocycles. The van der Waals surface area contributed by atoms with Crippen LogP contribution in [-0.4, -0.2) is 35.3 Å². The molecule has 0 aliphatic rings. The van der Waals surface area contributed by atoms with Gasteiger partial charge in [0.1, 0.15) is 5.69 Å². The third-order valence-electron chi connectivity index (χ3n) is 1.66. The average molecular weight is 184 g/mol. The lowest BCUT2D eigenvalue weighted by atomic mass is 10.4. The average Bonchev–Trinajstić information content (AvgIpc) is 2.10. The van der Waals surface area contributed by atoms with Gasteiger partial charge in [-0.15, -0.1) is 0 Å². The van der Waals surface area contributed by atoms with E-state index in [1.807, 2.05) is 0 Å². The lowest BCUT2D eigenvalue weighted by Gasteiger charge is -2.17. The van der Waals surface area contributed by atoms with E-state index in [0.717, 1.165) is 0 Å². The van der Waals surface area contributed by atoms with Crippen molar-refractivity contribution in [2.45, 2.75) is 0 Å². The fraction of sp³-hybridized carbons (Fsp3) is 0.429. The van der Waals surface area contributed by atoms with Crippen LogP contribution in [0.1, 0.15) is 0 Å². The maximum atomic E-state index is 11.0. The van der Waals surface area contributed by atoms with Crippen molar-refractivity contribution in [1.82, 2.24) is 9.97 Å². The Balaban J connectivity index is 3.00. The molecule has 72 valence electrons. The second-order valence-electron chi connectivity index (χ2n) is 2.61. The first-order chi connectivity index (χ1) is 6.16. The monoisotopic (exact) mass is 184 g/mol. The fourth-order valence-electron chi connectivity index (χ4n) is 0.961. The summed E-state index contributed by atoms with van der Waals surface area (Å²) >= 11 is 0. The number of aromatic amines is 1. The highest BCUT2D eigenvalue weighted by Crippen LogP contribution is 2.11. The Kier molecular flexibility index (Phi) is 2.86. The maximum Gasteiger partial charge on any atom is 0.276 e. The highest BCUT2D eigenvalue weighted by molar-refractivity contribution is 5.60. The van der Waals surface area contributed by atoms with Crippen LogP contribution in [0.5, 0.6) is 0 Å². The zero-order valence-electron chi connectivity index (χ0n) is 7.32. The minimum absolute atomic E-state index is 0.00950. The minimum Gasteiger partial charge on any atom is -0.395 e. The van der Waals surface area contributed by atoms with E-state index in [-0.39, 0.29) is 17.9 Å². The maximum absolute atomic E-state index is 11.0. The summed E-state index contributed by atoms with van der Waals surface area (Å²) < 4.78 is 0. The molecule has 1 heterocycles. The van der Waals surface area contributed by atoms with Gasteiger partial charge in [0.05, 0.1) is 12.9 Å². The largest absolute Gasteiger partial charge is 0.395 e. The number of nitrogens with one attached hydrogen (secondary N) is 1. The predicted molar refractivity (Wildman–Crippen MR) is 49.6 cm³/mol. The molecule has 0 saturated heterocycles. The van der Waals surface area contributed by atoms with Crippen LogP contribution in [0.4, 0.5) is 11.5 Å². The standard InChI is InChI=1S/C7H12N4O2/c1-11(2-3-12)6-5(8)7(13)10-4-9-6/h4,12H,2-3,8H2,1H3,(H,9,10,13). The van der Waals surface area contributed by atoms with Crippen LogP contribution in [0.2, 0.25) is 0 Å². The Morgan fingerprint density at radius 2 is 2.46 bits per heavy atom. The third kappa shape index (κ3) is 1.97. The fourth-order valence-corrected chi connectivity index (χ4v) is 0.961. The molecule has 0 fully saturated rings. The number of hydrogen-bond donors (Lipinski definition) is 3. The summed E-state index contributed by atoms with van der Waals surface area (Å²) in [6.07, 6.45) is 1.28. The first-order valence-corrected chi connectivity index (χ1v) is 3.82. The molecule has 0 saturated carbocycles. The Bertz CT molecular complexity index is 336. The Hall–Kier alpha value is -1.56. The number of hydrogen-bond acceptors (Lipinski definition) is 5. The van der Waals surface area contributed by atoms with Crippen molar-refractivity contribution in [3.05, 3.63) is 16.7 Å². The molecular formula is C7H12N4O2. The molecule has 6 heteroatoms. The number of anilines is 2. The van der Waals surface area contributed by atoms with E-state index < -0.39 is 0 Å². The number of nitrogens with zero attached hydrogens (tertiary/aromatic N) is 2. The predicted octanol–water partition coefficient (Wildman–Crippen LogP) is -1.22. The number of aliphatic hydroxyl groups is 1. The molecule has 0 atom stereocenters. The molecule has 1 aromatic rings. The van der Waals surface area contributed by atoms with Crippen LogP contribution in [0.3, 0.4) is 0 Å². The van der Waals surface area contributed by atoms with Crippen molar-refractivity contribution in [3.63, 3.8) is 0 Å². The molecule has 1 aromatic heterocycles. The lowest BCUT2D eigenvalue weighted by molar-refractivity contribution is 0.304. The van der Waals surface area contributed by atoms with Gasteiger partial charge in [0.2, 0.25) is 0 Å². The van der Waals surface area contributed by atoms with Crippen molar-refractivity contribution in [1.29, 1.82) is 0 Å². The molecule has 6 nitrogen and oxygen atoms in total. The second kappa shape index (κ2) is 3.90. The van der Waals surface area contributed by atoms with E-state index in [0.29, 0.717) is 12.4 Å². The topological polar surface area (TPSA) is 95.2 Å². The van der Waals surface area contributed by atoms with Crippen LogP contribution in [-0.2, 0) is 0 Å².